The van der Waals surface area contributed by atoms with Gasteiger partial charge in [-0.25, -0.2) is 0 Å². The van der Waals surface area contributed by atoms with Crippen LogP contribution in [-0.4, -0.2) is 19.6 Å². The van der Waals surface area contributed by atoms with Crippen molar-refractivity contribution in [3.63, 3.8) is 0 Å². The van der Waals surface area contributed by atoms with Gasteiger partial charge >= 0.3 is 0 Å². The first-order valence-electron chi connectivity index (χ1n) is 4.23. The number of nitrogens with one attached hydrogen (secondary N) is 1. The van der Waals surface area contributed by atoms with Crippen molar-refractivity contribution in [3.8, 4) is 5.75 Å². The Morgan fingerprint density at radius 3 is 2.79 bits per heavy atom. The minimum Gasteiger partial charge on any atom is -0.492 e. The molecule has 0 atom stereocenters. The molecule has 0 unspecified atom stereocenters. The average molecular weight is 258 g/mol. The summed E-state index contributed by atoms with van der Waals surface area (Å²) >= 11 is 3.37. The molecule has 3 nitrogen and oxygen atoms in total. The van der Waals surface area contributed by atoms with Gasteiger partial charge in [0, 0.05) is 0 Å². The molecule has 1 N–H and O–H groups in total. The van der Waals surface area contributed by atoms with Gasteiger partial charge in [-0.1, -0.05) is 12.1 Å². The quantitative estimate of drug-likeness (QED) is 0.666. The molecule has 4 heteroatoms. The molecule has 0 aliphatic carbocycles. The second kappa shape index (κ2) is 5.65. The molecule has 0 saturated heterocycles. The van der Waals surface area contributed by atoms with Gasteiger partial charge in [0.2, 0.25) is 0 Å². The van der Waals surface area contributed by atoms with Crippen LogP contribution >= 0.6 is 15.9 Å². The molecule has 0 amide bonds. The Morgan fingerprint density at radius 2 is 2.14 bits per heavy atom. The van der Waals surface area contributed by atoms with Gasteiger partial charge in [0.15, 0.2) is 5.90 Å². The maximum Gasteiger partial charge on any atom is 0.183 e. The highest BCUT2D eigenvalue weighted by molar-refractivity contribution is 9.10. The van der Waals surface area contributed by atoms with Crippen LogP contribution in [0.1, 0.15) is 6.42 Å². The Morgan fingerprint density at radius 1 is 1.43 bits per heavy atom. The minimum absolute atomic E-state index is 0.233. The smallest absolute Gasteiger partial charge is 0.183 e. The molecule has 0 bridgehead atoms. The third-order valence-electron chi connectivity index (χ3n) is 1.67. The zero-order chi connectivity index (χ0) is 10.4. The van der Waals surface area contributed by atoms with Crippen molar-refractivity contribution in [2.75, 3.05) is 13.7 Å². The predicted molar refractivity (Wildman–Crippen MR) is 59.0 cm³/mol. The number of ether oxygens (including phenoxy) is 2. The van der Waals surface area contributed by atoms with E-state index in [4.69, 9.17) is 14.9 Å². The highest BCUT2D eigenvalue weighted by Crippen LogP contribution is 2.23. The summed E-state index contributed by atoms with van der Waals surface area (Å²) in [6.45, 7) is 0.454. The van der Waals surface area contributed by atoms with Crippen LogP contribution in [0.4, 0.5) is 0 Å². The lowest BCUT2D eigenvalue weighted by atomic mass is 10.3. The van der Waals surface area contributed by atoms with Crippen LogP contribution in [0.5, 0.6) is 5.75 Å². The van der Waals surface area contributed by atoms with Crippen LogP contribution in [0.15, 0.2) is 28.7 Å². The van der Waals surface area contributed by atoms with Crippen molar-refractivity contribution in [1.29, 1.82) is 5.41 Å². The van der Waals surface area contributed by atoms with Gasteiger partial charge in [-0.05, 0) is 28.1 Å². The molecule has 1 aromatic rings. The van der Waals surface area contributed by atoms with E-state index in [9.17, 15) is 0 Å². The van der Waals surface area contributed by atoms with Gasteiger partial charge in [-0.2, -0.15) is 0 Å². The van der Waals surface area contributed by atoms with Crippen molar-refractivity contribution < 1.29 is 9.47 Å². The second-order valence-corrected chi connectivity index (χ2v) is 3.51. The first-order chi connectivity index (χ1) is 6.74. The summed E-state index contributed by atoms with van der Waals surface area (Å²) < 4.78 is 11.1. The zero-order valence-corrected chi connectivity index (χ0v) is 9.50. The molecule has 0 aliphatic heterocycles. The molecular formula is C10H12BrNO2. The standard InChI is InChI=1S/C10H12BrNO2/c1-13-10(12)6-7-14-9-5-3-2-4-8(9)11/h2-5,12H,6-7H2,1H3. The van der Waals surface area contributed by atoms with Crippen LogP contribution in [0, 0.1) is 5.41 Å². The highest BCUT2D eigenvalue weighted by atomic mass is 79.9. The van der Waals surface area contributed by atoms with E-state index >= 15 is 0 Å². The van der Waals surface area contributed by atoms with E-state index in [0.717, 1.165) is 10.2 Å². The molecule has 1 rings (SSSR count). The first-order valence-corrected chi connectivity index (χ1v) is 5.02. The summed E-state index contributed by atoms with van der Waals surface area (Å²) in [6, 6.07) is 7.62. The zero-order valence-electron chi connectivity index (χ0n) is 7.92. The normalized spacial score (nSPS) is 9.57. The van der Waals surface area contributed by atoms with E-state index in [1.165, 1.54) is 7.11 Å². The van der Waals surface area contributed by atoms with E-state index in [0.29, 0.717) is 13.0 Å². The van der Waals surface area contributed by atoms with E-state index in [1.54, 1.807) is 0 Å². The van der Waals surface area contributed by atoms with Gasteiger partial charge in [0.25, 0.3) is 0 Å². The molecule has 0 heterocycles. The number of benzene rings is 1. The van der Waals surface area contributed by atoms with Gasteiger partial charge in [-0.15, -0.1) is 0 Å². The molecule has 0 aliphatic rings. The molecule has 0 radical (unpaired) electrons. The Kier molecular flexibility index (Phi) is 4.46. The van der Waals surface area contributed by atoms with Crippen LogP contribution < -0.4 is 4.74 Å². The van der Waals surface area contributed by atoms with Gasteiger partial charge in [-0.3, -0.25) is 5.41 Å². The largest absolute Gasteiger partial charge is 0.492 e. The van der Waals surface area contributed by atoms with Crippen molar-refractivity contribution in [2.45, 2.75) is 6.42 Å². The van der Waals surface area contributed by atoms with Crippen molar-refractivity contribution in [2.24, 2.45) is 0 Å². The fourth-order valence-electron chi connectivity index (χ4n) is 0.918. The Bertz CT molecular complexity index is 315. The summed E-state index contributed by atoms with van der Waals surface area (Å²) in [5.74, 6) is 1.02. The fourth-order valence-corrected chi connectivity index (χ4v) is 1.32. The molecule has 0 fully saturated rings. The molecule has 0 aromatic heterocycles. The summed E-state index contributed by atoms with van der Waals surface area (Å²) in [5, 5.41) is 7.24. The molecule has 14 heavy (non-hydrogen) atoms. The third-order valence-corrected chi connectivity index (χ3v) is 2.32. The lowest BCUT2D eigenvalue weighted by molar-refractivity contribution is 0.306. The fraction of sp³-hybridized carbons (Fsp3) is 0.300. The van der Waals surface area contributed by atoms with Crippen molar-refractivity contribution in [3.05, 3.63) is 28.7 Å². The molecular weight excluding hydrogens is 246 g/mol. The van der Waals surface area contributed by atoms with Crippen molar-refractivity contribution >= 4 is 21.8 Å². The number of hydrogen-bond acceptors (Lipinski definition) is 3. The first kappa shape index (κ1) is 11.0. The van der Waals surface area contributed by atoms with Gasteiger partial charge < -0.3 is 9.47 Å². The topological polar surface area (TPSA) is 42.3 Å². The number of methoxy groups -OCH3 is 1. The highest BCUT2D eigenvalue weighted by Gasteiger charge is 2.00. The Labute approximate surface area is 91.7 Å². The predicted octanol–water partition coefficient (Wildman–Crippen LogP) is 2.84. The average Bonchev–Trinajstić information content (AvgIpc) is 2.20. The van der Waals surface area contributed by atoms with E-state index in [1.807, 2.05) is 24.3 Å². The Balaban J connectivity index is 2.39. The number of rotatable bonds is 4. The minimum atomic E-state index is 0.233. The lowest BCUT2D eigenvalue weighted by Gasteiger charge is -2.07. The lowest BCUT2D eigenvalue weighted by Crippen LogP contribution is -2.06. The van der Waals surface area contributed by atoms with Crippen LogP contribution in [0.2, 0.25) is 0 Å². The molecule has 76 valence electrons. The summed E-state index contributed by atoms with van der Waals surface area (Å²) in [7, 11) is 1.49. The number of hydrogen-bond donors (Lipinski definition) is 1. The Hall–Kier alpha value is -1.03. The van der Waals surface area contributed by atoms with Crippen LogP contribution in [0.25, 0.3) is 0 Å². The summed E-state index contributed by atoms with van der Waals surface area (Å²) in [4.78, 5) is 0. The second-order valence-electron chi connectivity index (χ2n) is 2.66. The summed E-state index contributed by atoms with van der Waals surface area (Å²) in [5.41, 5.74) is 0. The van der Waals surface area contributed by atoms with E-state index in [2.05, 4.69) is 15.9 Å². The monoisotopic (exact) mass is 257 g/mol. The maximum atomic E-state index is 7.24. The summed E-state index contributed by atoms with van der Waals surface area (Å²) in [6.07, 6.45) is 0.484. The van der Waals surface area contributed by atoms with E-state index < -0.39 is 0 Å². The molecule has 0 saturated carbocycles. The van der Waals surface area contributed by atoms with Gasteiger partial charge in [0.05, 0.1) is 24.6 Å². The van der Waals surface area contributed by atoms with E-state index in [-0.39, 0.29) is 5.90 Å². The number of halogens is 1. The number of para-hydroxylation sites is 1. The van der Waals surface area contributed by atoms with Crippen LogP contribution in [-0.2, 0) is 4.74 Å². The van der Waals surface area contributed by atoms with Crippen LogP contribution in [0.3, 0.4) is 0 Å². The molecule has 1 aromatic carbocycles. The van der Waals surface area contributed by atoms with Crippen molar-refractivity contribution in [1.82, 2.24) is 0 Å². The van der Waals surface area contributed by atoms with Gasteiger partial charge in [0.1, 0.15) is 5.75 Å². The third kappa shape index (κ3) is 3.38. The SMILES string of the molecule is COC(=N)CCOc1ccccc1Br. The maximum absolute atomic E-state index is 7.24. The molecule has 0 spiro atoms.